The lowest BCUT2D eigenvalue weighted by atomic mass is 10.2. The van der Waals surface area contributed by atoms with Gasteiger partial charge in [0.1, 0.15) is 17.8 Å². The Morgan fingerprint density at radius 3 is 2.30 bits per heavy atom. The molecule has 3 rings (SSSR count). The van der Waals surface area contributed by atoms with E-state index in [2.05, 4.69) is 83.0 Å². The van der Waals surface area contributed by atoms with Crippen molar-refractivity contribution in [3.8, 4) is 0 Å². The van der Waals surface area contributed by atoms with E-state index in [1.165, 1.54) is 0 Å². The number of ether oxygens (including phenoxy) is 1. The zero-order valence-corrected chi connectivity index (χ0v) is 28.9. The van der Waals surface area contributed by atoms with E-state index in [4.69, 9.17) is 18.6 Å². The van der Waals surface area contributed by atoms with Crippen molar-refractivity contribution in [3.63, 3.8) is 0 Å². The summed E-state index contributed by atoms with van der Waals surface area (Å²) >= 11 is 0. The van der Waals surface area contributed by atoms with Gasteiger partial charge in [-0.3, -0.25) is 14.7 Å². The van der Waals surface area contributed by atoms with Gasteiger partial charge in [0.2, 0.25) is 11.9 Å². The number of nitrogens with one attached hydrogen (secondary N) is 1. The summed E-state index contributed by atoms with van der Waals surface area (Å²) in [5.41, 5.74) is 1.92. The molecule has 0 spiro atoms. The van der Waals surface area contributed by atoms with Crippen LogP contribution in [0.1, 0.15) is 80.7 Å². The first kappa shape index (κ1) is 32.6. The monoisotopic (exact) mass is 589 g/mol. The molecular formula is C29H51N5O4Si2. The minimum absolute atomic E-state index is 0.0652. The van der Waals surface area contributed by atoms with Crippen molar-refractivity contribution >= 4 is 45.7 Å². The number of amides is 1. The highest BCUT2D eigenvalue weighted by Crippen LogP contribution is 2.43. The molecule has 2 aromatic rings. The number of carbonyl (C=O) groups excluding carboxylic acids is 1. The Morgan fingerprint density at radius 2 is 1.75 bits per heavy atom. The maximum absolute atomic E-state index is 12.4. The lowest BCUT2D eigenvalue weighted by Crippen LogP contribution is -2.48. The van der Waals surface area contributed by atoms with Crippen molar-refractivity contribution in [2.24, 2.45) is 5.92 Å². The van der Waals surface area contributed by atoms with Crippen LogP contribution in [-0.4, -0.2) is 60.9 Å². The molecule has 0 aliphatic carbocycles. The molecule has 1 aliphatic heterocycles. The normalized spacial score (nSPS) is 21.2. The molecule has 2 aromatic heterocycles. The van der Waals surface area contributed by atoms with Gasteiger partial charge in [0.05, 0.1) is 24.7 Å². The number of rotatable bonds is 9. The third-order valence-corrected chi connectivity index (χ3v) is 17.7. The van der Waals surface area contributed by atoms with Crippen molar-refractivity contribution in [3.05, 3.63) is 18.1 Å². The number of carbonyl (C=O) groups is 1. The van der Waals surface area contributed by atoms with Gasteiger partial charge in [0.25, 0.3) is 0 Å². The second kappa shape index (κ2) is 11.8. The Hall–Kier alpha value is -1.93. The standard InChI is InChI=1S/C29H51N5O4Si2/c1-14-15-20-24-25(32-27(31-20)33-26(35)19(2)3)34(18-30-24)23-16-21(38-40(12,13)29(7,8)9)22(37-23)17-36-39(10,11)28(4,5)6/h14-15,18-19,21-23H,16-17H2,1-13H3,(H,31,32,33,35)/b15-14+/t21-,22+,23+/m0/s1. The van der Waals surface area contributed by atoms with Crippen molar-refractivity contribution in [2.45, 2.75) is 123 Å². The van der Waals surface area contributed by atoms with Gasteiger partial charge in [0, 0.05) is 12.3 Å². The van der Waals surface area contributed by atoms with Crippen LogP contribution in [0.25, 0.3) is 17.2 Å². The van der Waals surface area contributed by atoms with Crippen LogP contribution in [0.2, 0.25) is 36.3 Å². The van der Waals surface area contributed by atoms with E-state index < -0.39 is 16.6 Å². The van der Waals surface area contributed by atoms with E-state index in [0.717, 1.165) is 0 Å². The molecular weight excluding hydrogens is 539 g/mol. The molecule has 0 aromatic carbocycles. The number of aromatic nitrogens is 4. The molecule has 1 aliphatic rings. The number of anilines is 1. The lowest BCUT2D eigenvalue weighted by molar-refractivity contribution is -0.118. The first-order chi connectivity index (χ1) is 18.3. The molecule has 0 saturated carbocycles. The minimum atomic E-state index is -2.08. The van der Waals surface area contributed by atoms with Crippen LogP contribution in [0, 0.1) is 5.92 Å². The average Bonchev–Trinajstić information content (AvgIpc) is 3.40. The number of hydrogen-bond donors (Lipinski definition) is 1. The van der Waals surface area contributed by atoms with Crippen molar-refractivity contribution < 1.29 is 18.4 Å². The summed E-state index contributed by atoms with van der Waals surface area (Å²) in [5, 5.41) is 3.01. The molecule has 0 bridgehead atoms. The molecule has 1 N–H and O–H groups in total. The molecule has 0 unspecified atom stereocenters. The van der Waals surface area contributed by atoms with Crippen LogP contribution in [-0.2, 0) is 18.4 Å². The largest absolute Gasteiger partial charge is 0.414 e. The van der Waals surface area contributed by atoms with E-state index in [0.29, 0.717) is 29.9 Å². The van der Waals surface area contributed by atoms with Gasteiger partial charge < -0.3 is 13.6 Å². The van der Waals surface area contributed by atoms with E-state index >= 15 is 0 Å². The second-order valence-electron chi connectivity index (χ2n) is 14.3. The summed E-state index contributed by atoms with van der Waals surface area (Å²) < 4.78 is 22.2. The first-order valence-electron chi connectivity index (χ1n) is 14.4. The van der Waals surface area contributed by atoms with Gasteiger partial charge >= 0.3 is 0 Å². The highest BCUT2D eigenvalue weighted by molar-refractivity contribution is 6.74. The quantitative estimate of drug-likeness (QED) is 0.310. The molecule has 40 heavy (non-hydrogen) atoms. The molecule has 1 amide bonds. The van der Waals surface area contributed by atoms with Crippen molar-refractivity contribution in [1.29, 1.82) is 0 Å². The Morgan fingerprint density at radius 1 is 1.12 bits per heavy atom. The Bertz CT molecular complexity index is 1230. The molecule has 11 heteroatoms. The molecule has 3 heterocycles. The maximum Gasteiger partial charge on any atom is 0.232 e. The van der Waals surface area contributed by atoms with Gasteiger partial charge in [-0.2, -0.15) is 4.98 Å². The fourth-order valence-electron chi connectivity index (χ4n) is 3.94. The third kappa shape index (κ3) is 7.10. The van der Waals surface area contributed by atoms with Crippen LogP contribution in [0.3, 0.4) is 0 Å². The van der Waals surface area contributed by atoms with Gasteiger partial charge in [-0.25, -0.2) is 9.97 Å². The van der Waals surface area contributed by atoms with E-state index in [9.17, 15) is 4.79 Å². The van der Waals surface area contributed by atoms with Crippen molar-refractivity contribution in [1.82, 2.24) is 19.5 Å². The summed E-state index contributed by atoms with van der Waals surface area (Å²) in [6.07, 6.45) is 5.51. The highest BCUT2D eigenvalue weighted by Gasteiger charge is 2.47. The Kier molecular flexibility index (Phi) is 9.57. The van der Waals surface area contributed by atoms with Crippen LogP contribution in [0.4, 0.5) is 5.95 Å². The zero-order chi connectivity index (χ0) is 30.3. The number of nitrogens with zero attached hydrogens (tertiary/aromatic N) is 4. The minimum Gasteiger partial charge on any atom is -0.414 e. The van der Waals surface area contributed by atoms with Crippen LogP contribution in [0.5, 0.6) is 0 Å². The Labute approximate surface area is 242 Å². The van der Waals surface area contributed by atoms with Gasteiger partial charge in [0.15, 0.2) is 22.3 Å². The van der Waals surface area contributed by atoms with Gasteiger partial charge in [-0.15, -0.1) is 0 Å². The van der Waals surface area contributed by atoms with Crippen LogP contribution >= 0.6 is 0 Å². The van der Waals surface area contributed by atoms with Gasteiger partial charge in [-0.05, 0) is 49.3 Å². The van der Waals surface area contributed by atoms with Gasteiger partial charge in [-0.1, -0.05) is 61.5 Å². The van der Waals surface area contributed by atoms with Crippen LogP contribution in [0.15, 0.2) is 12.4 Å². The Balaban J connectivity index is 1.99. The lowest BCUT2D eigenvalue weighted by Gasteiger charge is -2.40. The fourth-order valence-corrected chi connectivity index (χ4v) is 6.31. The molecule has 224 valence electrons. The summed E-state index contributed by atoms with van der Waals surface area (Å²) in [7, 11) is -4.07. The van der Waals surface area contributed by atoms with Crippen molar-refractivity contribution in [2.75, 3.05) is 11.9 Å². The molecule has 9 nitrogen and oxygen atoms in total. The summed E-state index contributed by atoms with van der Waals surface area (Å²) in [4.78, 5) is 26.4. The third-order valence-electron chi connectivity index (χ3n) is 8.69. The topological polar surface area (TPSA) is 100 Å². The average molecular weight is 590 g/mol. The fraction of sp³-hybridized carbons (Fsp3) is 0.724. The molecule has 1 fully saturated rings. The number of allylic oxidation sites excluding steroid dienone is 1. The summed E-state index contributed by atoms with van der Waals surface area (Å²) in [5.74, 6) is -0.0759. The zero-order valence-electron chi connectivity index (χ0n) is 26.9. The molecule has 1 saturated heterocycles. The van der Waals surface area contributed by atoms with Crippen LogP contribution < -0.4 is 5.32 Å². The summed E-state index contributed by atoms with van der Waals surface area (Å²) in [6.45, 7) is 28.7. The SMILES string of the molecule is C/C=C/c1nc(NC(=O)C(C)C)nc2c1ncn2[C@H]1C[C@H](O[Si](C)(C)C(C)(C)C)[C@@H](CO[Si](C)(C)C(C)(C)C)O1. The summed E-state index contributed by atoms with van der Waals surface area (Å²) in [6, 6.07) is 0. The molecule has 3 atom stereocenters. The predicted molar refractivity (Wildman–Crippen MR) is 167 cm³/mol. The predicted octanol–water partition coefficient (Wildman–Crippen LogP) is 7.15. The van der Waals surface area contributed by atoms with E-state index in [1.807, 2.05) is 37.5 Å². The first-order valence-corrected chi connectivity index (χ1v) is 20.2. The second-order valence-corrected chi connectivity index (χ2v) is 23.8. The van der Waals surface area contributed by atoms with E-state index in [-0.39, 0.29) is 46.3 Å². The van der Waals surface area contributed by atoms with E-state index in [1.54, 1.807) is 6.33 Å². The smallest absolute Gasteiger partial charge is 0.232 e. The number of hydrogen-bond acceptors (Lipinski definition) is 7. The maximum atomic E-state index is 12.4. The number of imidazole rings is 1. The number of fused-ring (bicyclic) bond motifs is 1. The molecule has 0 radical (unpaired) electrons. The highest BCUT2D eigenvalue weighted by atomic mass is 28.4.